The highest BCUT2D eigenvalue weighted by atomic mass is 32.1. The molecule has 0 aliphatic rings. The van der Waals surface area contributed by atoms with Crippen LogP contribution < -0.4 is 5.32 Å². The van der Waals surface area contributed by atoms with E-state index < -0.39 is 0 Å². The zero-order chi connectivity index (χ0) is 13.7. The summed E-state index contributed by atoms with van der Waals surface area (Å²) in [6.45, 7) is 4.51. The molecule has 0 bridgehead atoms. The zero-order valence-electron chi connectivity index (χ0n) is 11.1. The summed E-state index contributed by atoms with van der Waals surface area (Å²) < 4.78 is 0. The predicted octanol–water partition coefficient (Wildman–Crippen LogP) is 2.52. The average molecular weight is 275 g/mol. The molecule has 0 atom stereocenters. The number of amides is 1. The number of pyridine rings is 1. The van der Waals surface area contributed by atoms with Gasteiger partial charge in [0.1, 0.15) is 5.69 Å². The minimum absolute atomic E-state index is 0.112. The van der Waals surface area contributed by atoms with Crippen molar-refractivity contribution in [1.29, 1.82) is 0 Å². The molecule has 0 spiro atoms. The number of carbonyl (C=O) groups is 1. The van der Waals surface area contributed by atoms with E-state index in [1.165, 1.54) is 0 Å². The first-order valence-corrected chi connectivity index (χ1v) is 7.16. The molecule has 0 aliphatic heterocycles. The summed E-state index contributed by atoms with van der Waals surface area (Å²) in [7, 11) is 0. The van der Waals surface area contributed by atoms with E-state index in [1.54, 1.807) is 17.4 Å². The largest absolute Gasteiger partial charge is 0.351 e. The summed E-state index contributed by atoms with van der Waals surface area (Å²) in [6, 6.07) is 5.45. The Morgan fingerprint density at radius 2 is 2.11 bits per heavy atom. The lowest BCUT2D eigenvalue weighted by atomic mass is 10.3. The Balaban J connectivity index is 1.75. The smallest absolute Gasteiger partial charge is 0.269 e. The molecule has 100 valence electrons. The van der Waals surface area contributed by atoms with Crippen LogP contribution in [-0.4, -0.2) is 22.4 Å². The molecule has 0 fully saturated rings. The molecule has 5 heteroatoms. The molecule has 19 heavy (non-hydrogen) atoms. The van der Waals surface area contributed by atoms with Gasteiger partial charge in [0.05, 0.1) is 5.01 Å². The zero-order valence-corrected chi connectivity index (χ0v) is 12.0. The van der Waals surface area contributed by atoms with Gasteiger partial charge in [0.15, 0.2) is 0 Å². The molecular formula is C14H17N3OS. The van der Waals surface area contributed by atoms with Crippen LogP contribution in [0.3, 0.4) is 0 Å². The first-order valence-electron chi connectivity index (χ1n) is 6.28. The van der Waals surface area contributed by atoms with Crippen molar-refractivity contribution in [3.63, 3.8) is 0 Å². The van der Waals surface area contributed by atoms with Crippen molar-refractivity contribution in [2.45, 2.75) is 26.7 Å². The van der Waals surface area contributed by atoms with Gasteiger partial charge in [-0.1, -0.05) is 6.07 Å². The van der Waals surface area contributed by atoms with Crippen molar-refractivity contribution in [2.75, 3.05) is 6.54 Å². The van der Waals surface area contributed by atoms with E-state index in [0.717, 1.165) is 29.2 Å². The van der Waals surface area contributed by atoms with E-state index in [4.69, 9.17) is 0 Å². The number of rotatable bonds is 5. The fraction of sp³-hybridized carbons (Fsp3) is 0.357. The Kier molecular flexibility index (Phi) is 4.63. The van der Waals surface area contributed by atoms with E-state index in [-0.39, 0.29) is 5.91 Å². The maximum atomic E-state index is 11.8. The van der Waals surface area contributed by atoms with Gasteiger partial charge >= 0.3 is 0 Å². The molecule has 2 heterocycles. The fourth-order valence-corrected chi connectivity index (χ4v) is 2.54. The summed E-state index contributed by atoms with van der Waals surface area (Å²) in [5, 5.41) is 6.05. The van der Waals surface area contributed by atoms with Gasteiger partial charge in [0.2, 0.25) is 0 Å². The Labute approximate surface area is 116 Å². The van der Waals surface area contributed by atoms with E-state index in [0.29, 0.717) is 12.2 Å². The maximum absolute atomic E-state index is 11.8. The molecule has 4 nitrogen and oxygen atoms in total. The minimum Gasteiger partial charge on any atom is -0.351 e. The summed E-state index contributed by atoms with van der Waals surface area (Å²) in [6.07, 6.45) is 1.80. The molecule has 1 N–H and O–H groups in total. The third kappa shape index (κ3) is 4.13. The molecule has 1 amide bonds. The van der Waals surface area contributed by atoms with Crippen LogP contribution >= 0.6 is 11.3 Å². The van der Waals surface area contributed by atoms with Crippen LogP contribution in [0.15, 0.2) is 23.6 Å². The van der Waals surface area contributed by atoms with Gasteiger partial charge in [-0.15, -0.1) is 11.3 Å². The average Bonchev–Trinajstić information content (AvgIpc) is 2.80. The van der Waals surface area contributed by atoms with Crippen molar-refractivity contribution in [3.05, 3.63) is 45.7 Å². The first kappa shape index (κ1) is 13.7. The molecule has 0 radical (unpaired) electrons. The highest BCUT2D eigenvalue weighted by Crippen LogP contribution is 2.10. The van der Waals surface area contributed by atoms with Crippen molar-refractivity contribution in [1.82, 2.24) is 15.3 Å². The summed E-state index contributed by atoms with van der Waals surface area (Å²) in [5.41, 5.74) is 2.39. The molecule has 0 aliphatic carbocycles. The van der Waals surface area contributed by atoms with Gasteiger partial charge in [0.25, 0.3) is 5.91 Å². The lowest BCUT2D eigenvalue weighted by Gasteiger charge is -2.04. The quantitative estimate of drug-likeness (QED) is 0.853. The second-order valence-corrected chi connectivity index (χ2v) is 5.35. The molecule has 0 unspecified atom stereocenters. The Bertz CT molecular complexity index is 565. The first-order chi connectivity index (χ1) is 9.15. The highest BCUT2D eigenvalue weighted by Gasteiger charge is 2.06. The molecule has 0 aromatic carbocycles. The number of nitrogens with one attached hydrogen (secondary N) is 1. The van der Waals surface area contributed by atoms with Crippen LogP contribution in [-0.2, 0) is 6.42 Å². The summed E-state index contributed by atoms with van der Waals surface area (Å²) in [5.74, 6) is -0.112. The second kappa shape index (κ2) is 6.43. The summed E-state index contributed by atoms with van der Waals surface area (Å²) in [4.78, 5) is 20.4. The van der Waals surface area contributed by atoms with Crippen LogP contribution in [0.1, 0.15) is 33.3 Å². The van der Waals surface area contributed by atoms with Crippen LogP contribution in [0.25, 0.3) is 0 Å². The van der Waals surface area contributed by atoms with E-state index in [2.05, 4.69) is 15.3 Å². The van der Waals surface area contributed by atoms with E-state index >= 15 is 0 Å². The van der Waals surface area contributed by atoms with Gasteiger partial charge in [-0.3, -0.25) is 4.79 Å². The van der Waals surface area contributed by atoms with Gasteiger partial charge < -0.3 is 5.32 Å². The van der Waals surface area contributed by atoms with Crippen LogP contribution in [0.5, 0.6) is 0 Å². The number of carbonyl (C=O) groups excluding carboxylic acids is 1. The molecule has 2 aromatic rings. The molecule has 2 aromatic heterocycles. The lowest BCUT2D eigenvalue weighted by molar-refractivity contribution is 0.0948. The fourth-order valence-electron chi connectivity index (χ4n) is 1.72. The SMILES string of the molecule is Cc1cccc(C(=O)NCCCc2nc(C)cs2)n1. The molecule has 0 saturated heterocycles. The lowest BCUT2D eigenvalue weighted by Crippen LogP contribution is -2.25. The van der Waals surface area contributed by atoms with Crippen LogP contribution in [0, 0.1) is 13.8 Å². The number of aryl methyl sites for hydroxylation is 3. The van der Waals surface area contributed by atoms with Crippen LogP contribution in [0.4, 0.5) is 0 Å². The number of aromatic nitrogens is 2. The van der Waals surface area contributed by atoms with Crippen molar-refractivity contribution >= 4 is 17.2 Å². The van der Waals surface area contributed by atoms with Crippen molar-refractivity contribution < 1.29 is 4.79 Å². The number of hydrogen-bond donors (Lipinski definition) is 1. The monoisotopic (exact) mass is 275 g/mol. The molecular weight excluding hydrogens is 258 g/mol. The highest BCUT2D eigenvalue weighted by molar-refractivity contribution is 7.09. The van der Waals surface area contributed by atoms with E-state index in [1.807, 2.05) is 31.4 Å². The third-order valence-electron chi connectivity index (χ3n) is 2.64. The topological polar surface area (TPSA) is 54.9 Å². The predicted molar refractivity (Wildman–Crippen MR) is 76.5 cm³/mol. The number of thiazole rings is 1. The molecule has 2 rings (SSSR count). The minimum atomic E-state index is -0.112. The Morgan fingerprint density at radius 1 is 1.26 bits per heavy atom. The number of nitrogens with zero attached hydrogens (tertiary/aromatic N) is 2. The van der Waals surface area contributed by atoms with Crippen molar-refractivity contribution in [2.24, 2.45) is 0 Å². The number of hydrogen-bond acceptors (Lipinski definition) is 4. The third-order valence-corrected chi connectivity index (χ3v) is 3.67. The van der Waals surface area contributed by atoms with E-state index in [9.17, 15) is 4.79 Å². The Morgan fingerprint density at radius 3 is 2.79 bits per heavy atom. The standard InChI is InChI=1S/C14H17N3OS/c1-10-5-3-6-12(16-10)14(18)15-8-4-7-13-17-11(2)9-19-13/h3,5-6,9H,4,7-8H2,1-2H3,(H,15,18). The Hall–Kier alpha value is -1.75. The molecule has 0 saturated carbocycles. The van der Waals surface area contributed by atoms with Gasteiger partial charge in [0, 0.05) is 29.7 Å². The van der Waals surface area contributed by atoms with Crippen LogP contribution in [0.2, 0.25) is 0 Å². The maximum Gasteiger partial charge on any atom is 0.269 e. The summed E-state index contributed by atoms with van der Waals surface area (Å²) >= 11 is 1.67. The second-order valence-electron chi connectivity index (χ2n) is 4.41. The normalized spacial score (nSPS) is 10.4. The van der Waals surface area contributed by atoms with Gasteiger partial charge in [-0.25, -0.2) is 9.97 Å². The van der Waals surface area contributed by atoms with Gasteiger partial charge in [-0.05, 0) is 32.4 Å². The van der Waals surface area contributed by atoms with Gasteiger partial charge in [-0.2, -0.15) is 0 Å². The van der Waals surface area contributed by atoms with Crippen molar-refractivity contribution in [3.8, 4) is 0 Å².